The van der Waals surface area contributed by atoms with E-state index in [1.807, 2.05) is 0 Å². The van der Waals surface area contributed by atoms with Gasteiger partial charge < -0.3 is 0 Å². The van der Waals surface area contributed by atoms with Crippen molar-refractivity contribution in [2.24, 2.45) is 0 Å². The molecule has 0 spiro atoms. The molecule has 0 aromatic heterocycles. The van der Waals surface area contributed by atoms with Crippen molar-refractivity contribution in [1.82, 2.24) is 9.44 Å². The molecule has 0 radical (unpaired) electrons. The Hall–Kier alpha value is -1.81. The summed E-state index contributed by atoms with van der Waals surface area (Å²) in [5.41, 5.74) is 0.612. The van der Waals surface area contributed by atoms with Crippen LogP contribution in [0.1, 0.15) is 37.7 Å². The Balaban J connectivity index is 1.67. The van der Waals surface area contributed by atoms with Crippen molar-refractivity contribution in [2.45, 2.75) is 54.5 Å². The summed E-state index contributed by atoms with van der Waals surface area (Å²) in [5.74, 6) is -0.398. The standard InChI is InChI=1S/C19H23FN2O4S2/c20-16-8-6-15(7-9-16)14-21-27(23,24)18-10-12-19(13-11-18)28(25,26)22-17-4-2-1-3-5-17/h6-13,17,21-22H,1-5,14H2. The summed E-state index contributed by atoms with van der Waals surface area (Å²) >= 11 is 0. The molecule has 1 aliphatic rings. The number of sulfonamides is 2. The van der Waals surface area contributed by atoms with Gasteiger partial charge in [-0.25, -0.2) is 30.7 Å². The van der Waals surface area contributed by atoms with Crippen LogP contribution in [-0.4, -0.2) is 22.9 Å². The molecule has 2 aromatic rings. The van der Waals surface area contributed by atoms with Gasteiger partial charge in [0.2, 0.25) is 20.0 Å². The molecule has 0 bridgehead atoms. The van der Waals surface area contributed by atoms with Crippen molar-refractivity contribution >= 4 is 20.0 Å². The Labute approximate surface area is 165 Å². The first-order valence-corrected chi connectivity index (χ1v) is 12.1. The molecular formula is C19H23FN2O4S2. The first kappa shape index (κ1) is 20.9. The quantitative estimate of drug-likeness (QED) is 0.712. The zero-order valence-corrected chi connectivity index (χ0v) is 16.9. The zero-order valence-electron chi connectivity index (χ0n) is 15.3. The monoisotopic (exact) mass is 426 g/mol. The topological polar surface area (TPSA) is 92.3 Å². The molecule has 1 fully saturated rings. The van der Waals surface area contributed by atoms with E-state index in [2.05, 4.69) is 9.44 Å². The molecule has 28 heavy (non-hydrogen) atoms. The largest absolute Gasteiger partial charge is 0.240 e. The minimum Gasteiger partial charge on any atom is -0.208 e. The molecule has 9 heteroatoms. The van der Waals surface area contributed by atoms with E-state index in [9.17, 15) is 21.2 Å². The molecule has 6 nitrogen and oxygen atoms in total. The summed E-state index contributed by atoms with van der Waals surface area (Å²) in [6, 6.07) is 10.5. The number of nitrogens with one attached hydrogen (secondary N) is 2. The first-order chi connectivity index (χ1) is 13.3. The van der Waals surface area contributed by atoms with Gasteiger partial charge in [-0.3, -0.25) is 0 Å². The Morgan fingerprint density at radius 2 is 1.32 bits per heavy atom. The van der Waals surface area contributed by atoms with Gasteiger partial charge in [0.25, 0.3) is 0 Å². The van der Waals surface area contributed by atoms with E-state index in [0.29, 0.717) is 5.56 Å². The van der Waals surface area contributed by atoms with Gasteiger partial charge >= 0.3 is 0 Å². The van der Waals surface area contributed by atoms with Crippen LogP contribution in [0.4, 0.5) is 4.39 Å². The SMILES string of the molecule is O=S(=O)(NCc1ccc(F)cc1)c1ccc(S(=O)(=O)NC2CCCCC2)cc1. The van der Waals surface area contributed by atoms with Crippen LogP contribution in [0.15, 0.2) is 58.3 Å². The number of benzene rings is 2. The molecular weight excluding hydrogens is 403 g/mol. The maximum absolute atomic E-state index is 12.9. The normalized spacial score (nSPS) is 16.2. The number of hydrogen-bond donors (Lipinski definition) is 2. The summed E-state index contributed by atoms with van der Waals surface area (Å²) in [4.78, 5) is 0.00165. The number of halogens is 1. The van der Waals surface area contributed by atoms with E-state index in [0.717, 1.165) is 32.1 Å². The van der Waals surface area contributed by atoms with E-state index >= 15 is 0 Å². The van der Waals surface area contributed by atoms with Crippen LogP contribution in [0.2, 0.25) is 0 Å². The van der Waals surface area contributed by atoms with Gasteiger partial charge in [-0.2, -0.15) is 0 Å². The van der Waals surface area contributed by atoms with Crippen LogP contribution < -0.4 is 9.44 Å². The second-order valence-corrected chi connectivity index (χ2v) is 10.4. The summed E-state index contributed by atoms with van der Waals surface area (Å²) in [7, 11) is -7.50. The molecule has 0 heterocycles. The number of hydrogen-bond acceptors (Lipinski definition) is 4. The van der Waals surface area contributed by atoms with Gasteiger partial charge in [0.15, 0.2) is 0 Å². The zero-order chi connectivity index (χ0) is 20.2. The second kappa shape index (κ2) is 8.69. The molecule has 0 amide bonds. The lowest BCUT2D eigenvalue weighted by molar-refractivity contribution is 0.412. The Kier molecular flexibility index (Phi) is 6.49. The van der Waals surface area contributed by atoms with Gasteiger partial charge in [-0.05, 0) is 54.8 Å². The van der Waals surface area contributed by atoms with E-state index in [1.165, 1.54) is 48.5 Å². The third kappa shape index (κ3) is 5.38. The highest BCUT2D eigenvalue weighted by molar-refractivity contribution is 7.90. The van der Waals surface area contributed by atoms with Gasteiger partial charge in [0, 0.05) is 12.6 Å². The highest BCUT2D eigenvalue weighted by Gasteiger charge is 2.22. The molecule has 152 valence electrons. The average molecular weight is 427 g/mol. The molecule has 1 saturated carbocycles. The summed E-state index contributed by atoms with van der Waals surface area (Å²) in [5, 5.41) is 0. The van der Waals surface area contributed by atoms with E-state index in [1.54, 1.807) is 0 Å². The predicted octanol–water partition coefficient (Wildman–Crippen LogP) is 2.92. The fourth-order valence-corrected chi connectivity index (χ4v) is 5.49. The van der Waals surface area contributed by atoms with Crippen molar-refractivity contribution < 1.29 is 21.2 Å². The summed E-state index contributed by atoms with van der Waals surface area (Å²) < 4.78 is 67.8. The highest BCUT2D eigenvalue weighted by Crippen LogP contribution is 2.21. The van der Waals surface area contributed by atoms with Gasteiger partial charge in [0.1, 0.15) is 5.82 Å². The van der Waals surface area contributed by atoms with Crippen molar-refractivity contribution in [3.63, 3.8) is 0 Å². The third-order valence-corrected chi connectivity index (χ3v) is 7.70. The van der Waals surface area contributed by atoms with Crippen LogP contribution in [0.25, 0.3) is 0 Å². The minimum atomic E-state index is -3.82. The van der Waals surface area contributed by atoms with Gasteiger partial charge in [-0.1, -0.05) is 31.4 Å². The van der Waals surface area contributed by atoms with Crippen molar-refractivity contribution in [2.75, 3.05) is 0 Å². The molecule has 3 rings (SSSR count). The third-order valence-electron chi connectivity index (χ3n) is 4.75. The van der Waals surface area contributed by atoms with Crippen LogP contribution in [-0.2, 0) is 26.6 Å². The van der Waals surface area contributed by atoms with Crippen molar-refractivity contribution in [1.29, 1.82) is 0 Å². The second-order valence-electron chi connectivity index (χ2n) is 6.88. The molecule has 1 aliphatic carbocycles. The van der Waals surface area contributed by atoms with Gasteiger partial charge in [-0.15, -0.1) is 0 Å². The fourth-order valence-electron chi connectivity index (χ4n) is 3.17. The van der Waals surface area contributed by atoms with E-state index in [-0.39, 0.29) is 22.4 Å². The average Bonchev–Trinajstić information content (AvgIpc) is 2.68. The molecule has 2 aromatic carbocycles. The lowest BCUT2D eigenvalue weighted by atomic mass is 9.96. The Morgan fingerprint density at radius 1 is 0.786 bits per heavy atom. The van der Waals surface area contributed by atoms with E-state index < -0.39 is 25.9 Å². The maximum atomic E-state index is 12.9. The Morgan fingerprint density at radius 3 is 1.89 bits per heavy atom. The van der Waals surface area contributed by atoms with Crippen LogP contribution >= 0.6 is 0 Å². The highest BCUT2D eigenvalue weighted by atomic mass is 32.2. The van der Waals surface area contributed by atoms with Crippen molar-refractivity contribution in [3.05, 3.63) is 59.9 Å². The summed E-state index contributed by atoms with van der Waals surface area (Å²) in [6.45, 7) is 0.00585. The molecule has 0 atom stereocenters. The van der Waals surface area contributed by atoms with E-state index in [4.69, 9.17) is 0 Å². The molecule has 0 unspecified atom stereocenters. The smallest absolute Gasteiger partial charge is 0.208 e. The lowest BCUT2D eigenvalue weighted by Gasteiger charge is -2.22. The predicted molar refractivity (Wildman–Crippen MR) is 104 cm³/mol. The first-order valence-electron chi connectivity index (χ1n) is 9.13. The van der Waals surface area contributed by atoms with Crippen LogP contribution in [0.5, 0.6) is 0 Å². The lowest BCUT2D eigenvalue weighted by Crippen LogP contribution is -2.36. The van der Waals surface area contributed by atoms with Crippen LogP contribution in [0.3, 0.4) is 0 Å². The van der Waals surface area contributed by atoms with Crippen LogP contribution in [0, 0.1) is 5.82 Å². The van der Waals surface area contributed by atoms with Crippen molar-refractivity contribution in [3.8, 4) is 0 Å². The maximum Gasteiger partial charge on any atom is 0.240 e. The summed E-state index contributed by atoms with van der Waals surface area (Å²) in [6.07, 6.45) is 4.77. The Bertz CT molecular complexity index is 999. The fraction of sp³-hybridized carbons (Fsp3) is 0.368. The van der Waals surface area contributed by atoms with Gasteiger partial charge in [0.05, 0.1) is 9.79 Å². The molecule has 0 saturated heterocycles. The molecule has 2 N–H and O–H groups in total. The molecule has 0 aliphatic heterocycles. The minimum absolute atomic E-state index is 0.00585. The number of rotatable bonds is 7.